The molecule has 2 heterocycles. The predicted molar refractivity (Wildman–Crippen MR) is 114 cm³/mol. The normalized spacial score (nSPS) is 14.8. The van der Waals surface area contributed by atoms with E-state index >= 15 is 0 Å². The fourth-order valence-electron chi connectivity index (χ4n) is 3.72. The van der Waals surface area contributed by atoms with Crippen molar-refractivity contribution in [3.8, 4) is 5.75 Å². The third-order valence-electron chi connectivity index (χ3n) is 5.33. The van der Waals surface area contributed by atoms with Crippen LogP contribution in [0.4, 0.5) is 5.69 Å². The first-order valence-electron chi connectivity index (χ1n) is 9.56. The molecule has 0 spiro atoms. The number of rotatable bonds is 4. The van der Waals surface area contributed by atoms with Gasteiger partial charge in [-0.25, -0.2) is 0 Å². The van der Waals surface area contributed by atoms with Crippen LogP contribution in [0.15, 0.2) is 48.5 Å². The van der Waals surface area contributed by atoms with Crippen LogP contribution in [0.25, 0.3) is 10.9 Å². The van der Waals surface area contributed by atoms with Gasteiger partial charge < -0.3 is 19.9 Å². The van der Waals surface area contributed by atoms with Gasteiger partial charge in [0.25, 0.3) is 5.91 Å². The summed E-state index contributed by atoms with van der Waals surface area (Å²) in [6.45, 7) is 1.08. The molecule has 4 rings (SSSR count). The van der Waals surface area contributed by atoms with E-state index < -0.39 is 0 Å². The number of amides is 2. The van der Waals surface area contributed by atoms with Gasteiger partial charge in [0.05, 0.1) is 12.8 Å². The zero-order chi connectivity index (χ0) is 20.4. The van der Waals surface area contributed by atoms with E-state index in [9.17, 15) is 9.59 Å². The number of hydrogen-bond acceptors (Lipinski definition) is 3. The zero-order valence-corrected chi connectivity index (χ0v) is 16.8. The zero-order valence-electron chi connectivity index (χ0n) is 16.1. The Bertz CT molecular complexity index is 1050. The highest BCUT2D eigenvalue weighted by atomic mass is 35.5. The molecule has 7 heteroatoms. The Kier molecular flexibility index (Phi) is 5.45. The molecule has 1 aliphatic rings. The van der Waals surface area contributed by atoms with Crippen molar-refractivity contribution in [3.63, 3.8) is 0 Å². The number of aromatic amines is 1. The van der Waals surface area contributed by atoms with E-state index in [1.165, 1.54) is 0 Å². The van der Waals surface area contributed by atoms with Gasteiger partial charge in [0.2, 0.25) is 5.91 Å². The molecule has 6 nitrogen and oxygen atoms in total. The summed E-state index contributed by atoms with van der Waals surface area (Å²) >= 11 is 6.02. The topological polar surface area (TPSA) is 74.4 Å². The number of carbonyl (C=O) groups excluding carboxylic acids is 2. The summed E-state index contributed by atoms with van der Waals surface area (Å²) in [6.07, 6.45) is 1.25. The number of piperidine rings is 1. The summed E-state index contributed by atoms with van der Waals surface area (Å²) in [7, 11) is 1.58. The number of aromatic nitrogens is 1. The molecular weight excluding hydrogens is 390 g/mol. The Labute approximate surface area is 173 Å². The Morgan fingerprint density at radius 2 is 1.90 bits per heavy atom. The van der Waals surface area contributed by atoms with Crippen LogP contribution in [-0.2, 0) is 4.79 Å². The van der Waals surface area contributed by atoms with Gasteiger partial charge in [-0.3, -0.25) is 9.59 Å². The number of hydrogen-bond donors (Lipinski definition) is 2. The fourth-order valence-corrected chi connectivity index (χ4v) is 3.90. The minimum atomic E-state index is -0.134. The molecule has 1 aliphatic heterocycles. The van der Waals surface area contributed by atoms with E-state index in [-0.39, 0.29) is 17.7 Å². The van der Waals surface area contributed by atoms with E-state index in [0.717, 1.165) is 10.9 Å². The van der Waals surface area contributed by atoms with E-state index in [1.54, 1.807) is 18.1 Å². The van der Waals surface area contributed by atoms with Crippen molar-refractivity contribution in [3.05, 3.63) is 59.2 Å². The molecule has 0 bridgehead atoms. The molecule has 0 atom stereocenters. The highest BCUT2D eigenvalue weighted by Gasteiger charge is 2.28. The largest absolute Gasteiger partial charge is 0.495 e. The third-order valence-corrected chi connectivity index (χ3v) is 5.57. The quantitative estimate of drug-likeness (QED) is 0.671. The number of nitrogens with zero attached hydrogens (tertiary/aromatic N) is 1. The SMILES string of the molecule is COc1ccccc1NC(=O)C1CCN(C(=O)c2cc3cc(Cl)ccc3[nH]2)CC1. The molecule has 2 N–H and O–H groups in total. The minimum Gasteiger partial charge on any atom is -0.495 e. The number of halogens is 1. The molecule has 1 saturated heterocycles. The van der Waals surface area contributed by atoms with Crippen LogP contribution >= 0.6 is 11.6 Å². The molecule has 0 aliphatic carbocycles. The van der Waals surface area contributed by atoms with Gasteiger partial charge in [-0.2, -0.15) is 0 Å². The smallest absolute Gasteiger partial charge is 0.270 e. The highest BCUT2D eigenvalue weighted by molar-refractivity contribution is 6.31. The van der Waals surface area contributed by atoms with E-state index in [2.05, 4.69) is 10.3 Å². The van der Waals surface area contributed by atoms with Crippen molar-refractivity contribution < 1.29 is 14.3 Å². The first-order chi connectivity index (χ1) is 14.0. The van der Waals surface area contributed by atoms with Gasteiger partial charge in [-0.1, -0.05) is 23.7 Å². The molecule has 1 fully saturated rings. The number of carbonyl (C=O) groups is 2. The number of ether oxygens (including phenoxy) is 1. The molecule has 0 unspecified atom stereocenters. The number of likely N-dealkylation sites (tertiary alicyclic amines) is 1. The Morgan fingerprint density at radius 1 is 1.14 bits per heavy atom. The maximum atomic E-state index is 12.8. The second kappa shape index (κ2) is 8.17. The maximum Gasteiger partial charge on any atom is 0.270 e. The van der Waals surface area contributed by atoms with Crippen molar-refractivity contribution in [2.45, 2.75) is 12.8 Å². The molecule has 0 radical (unpaired) electrons. The van der Waals surface area contributed by atoms with Crippen molar-refractivity contribution in [1.29, 1.82) is 0 Å². The number of methoxy groups -OCH3 is 1. The van der Waals surface area contributed by atoms with Crippen molar-refractivity contribution in [1.82, 2.24) is 9.88 Å². The summed E-state index contributed by atoms with van der Waals surface area (Å²) in [5, 5.41) is 4.49. The number of para-hydroxylation sites is 2. The lowest BCUT2D eigenvalue weighted by atomic mass is 9.95. The Balaban J connectivity index is 1.38. The molecule has 3 aromatic rings. The number of benzene rings is 2. The summed E-state index contributed by atoms with van der Waals surface area (Å²) < 4.78 is 5.28. The molecule has 1 aromatic heterocycles. The predicted octanol–water partition coefficient (Wildman–Crippen LogP) is 4.32. The van der Waals surface area contributed by atoms with Gasteiger partial charge >= 0.3 is 0 Å². The molecular formula is C22H22ClN3O3. The van der Waals surface area contributed by atoms with E-state index in [1.807, 2.05) is 42.5 Å². The summed E-state index contributed by atoms with van der Waals surface area (Å²) in [5.41, 5.74) is 2.08. The van der Waals surface area contributed by atoms with Gasteiger partial charge in [-0.15, -0.1) is 0 Å². The standard InChI is InChI=1S/C22H22ClN3O3/c1-29-20-5-3-2-4-18(20)25-21(27)14-8-10-26(11-9-14)22(28)19-13-15-12-16(23)6-7-17(15)24-19/h2-7,12-14,24H,8-11H2,1H3,(H,25,27). The van der Waals surface area contributed by atoms with Crippen LogP contribution in [-0.4, -0.2) is 41.9 Å². The summed E-state index contributed by atoms with van der Waals surface area (Å²) in [6, 6.07) is 14.7. The average molecular weight is 412 g/mol. The van der Waals surface area contributed by atoms with Crippen LogP contribution in [0.5, 0.6) is 5.75 Å². The molecule has 150 valence electrons. The molecule has 2 aromatic carbocycles. The lowest BCUT2D eigenvalue weighted by Gasteiger charge is -2.31. The van der Waals surface area contributed by atoms with Gasteiger partial charge in [0, 0.05) is 34.9 Å². The molecule has 0 saturated carbocycles. The van der Waals surface area contributed by atoms with Crippen LogP contribution in [0.2, 0.25) is 5.02 Å². The molecule has 29 heavy (non-hydrogen) atoms. The first kappa shape index (κ1) is 19.3. The van der Waals surface area contributed by atoms with Crippen LogP contribution in [0.1, 0.15) is 23.3 Å². The second-order valence-electron chi connectivity index (χ2n) is 7.17. The van der Waals surface area contributed by atoms with Crippen molar-refractivity contribution in [2.75, 3.05) is 25.5 Å². The average Bonchev–Trinajstić information content (AvgIpc) is 3.17. The Hall–Kier alpha value is -2.99. The van der Waals surface area contributed by atoms with Crippen molar-refractivity contribution >= 4 is 40.0 Å². The van der Waals surface area contributed by atoms with E-state index in [0.29, 0.717) is 48.1 Å². The van der Waals surface area contributed by atoms with Gasteiger partial charge in [-0.05, 0) is 49.2 Å². The lowest BCUT2D eigenvalue weighted by molar-refractivity contribution is -0.121. The van der Waals surface area contributed by atoms with Crippen LogP contribution in [0, 0.1) is 5.92 Å². The van der Waals surface area contributed by atoms with Crippen LogP contribution in [0.3, 0.4) is 0 Å². The molecule has 2 amide bonds. The Morgan fingerprint density at radius 3 is 2.66 bits per heavy atom. The number of fused-ring (bicyclic) bond motifs is 1. The third kappa shape index (κ3) is 4.07. The summed E-state index contributed by atoms with van der Waals surface area (Å²) in [5.74, 6) is 0.403. The second-order valence-corrected chi connectivity index (χ2v) is 7.61. The minimum absolute atomic E-state index is 0.0400. The first-order valence-corrected chi connectivity index (χ1v) is 9.94. The number of anilines is 1. The van der Waals surface area contributed by atoms with Gasteiger partial charge in [0.1, 0.15) is 11.4 Å². The summed E-state index contributed by atoms with van der Waals surface area (Å²) in [4.78, 5) is 30.4. The van der Waals surface area contributed by atoms with Gasteiger partial charge in [0.15, 0.2) is 0 Å². The van der Waals surface area contributed by atoms with Crippen molar-refractivity contribution in [2.24, 2.45) is 5.92 Å². The van der Waals surface area contributed by atoms with Crippen LogP contribution < -0.4 is 10.1 Å². The van der Waals surface area contributed by atoms with E-state index in [4.69, 9.17) is 16.3 Å². The number of H-pyrrole nitrogens is 1. The number of nitrogens with one attached hydrogen (secondary N) is 2. The monoisotopic (exact) mass is 411 g/mol. The lowest BCUT2D eigenvalue weighted by Crippen LogP contribution is -2.41. The maximum absolute atomic E-state index is 12.8. The fraction of sp³-hybridized carbons (Fsp3) is 0.273. The highest BCUT2D eigenvalue weighted by Crippen LogP contribution is 2.27.